The van der Waals surface area contributed by atoms with Gasteiger partial charge in [-0.2, -0.15) is 0 Å². The van der Waals surface area contributed by atoms with Crippen LogP contribution < -0.4 is 10.2 Å². The summed E-state index contributed by atoms with van der Waals surface area (Å²) >= 11 is 0. The molecule has 0 aromatic carbocycles. The molecule has 0 bridgehead atoms. The molecule has 2 aromatic rings. The number of anilines is 1. The van der Waals surface area contributed by atoms with Crippen molar-refractivity contribution in [3.63, 3.8) is 0 Å². The predicted molar refractivity (Wildman–Crippen MR) is 140 cm³/mol. The molecule has 4 heterocycles. The Morgan fingerprint density at radius 1 is 1.14 bits per heavy atom. The van der Waals surface area contributed by atoms with E-state index < -0.39 is 12.0 Å². The predicted octanol–water partition coefficient (Wildman–Crippen LogP) is 2.08. The number of likely N-dealkylation sites (tertiary alicyclic amines) is 1. The van der Waals surface area contributed by atoms with Gasteiger partial charge in [0.05, 0.1) is 18.6 Å². The number of aromatic nitrogens is 2. The van der Waals surface area contributed by atoms with Gasteiger partial charge >= 0.3 is 5.97 Å². The number of aliphatic carboxylic acids is 1. The summed E-state index contributed by atoms with van der Waals surface area (Å²) in [7, 11) is 0. The highest BCUT2D eigenvalue weighted by atomic mass is 16.5. The number of hydrogen-bond donors (Lipinski definition) is 2. The third kappa shape index (κ3) is 6.64. The van der Waals surface area contributed by atoms with Gasteiger partial charge in [-0.3, -0.25) is 14.7 Å². The van der Waals surface area contributed by atoms with E-state index in [9.17, 15) is 14.7 Å². The molecule has 9 heteroatoms. The van der Waals surface area contributed by atoms with Crippen LogP contribution in [0, 0.1) is 5.92 Å². The summed E-state index contributed by atoms with van der Waals surface area (Å²) in [6, 6.07) is 9.18. The molecule has 2 fully saturated rings. The first kappa shape index (κ1) is 25.6. The maximum absolute atomic E-state index is 12.8. The molecule has 0 spiro atoms. The number of nitrogens with zero attached hydrogens (tertiary/aromatic N) is 4. The van der Waals surface area contributed by atoms with Gasteiger partial charge in [0.15, 0.2) is 0 Å². The SMILES string of the molecule is O=C(N[C@@H](CCN1CC(OCCc2ccc3c(n2)CCCC3)C1)C(=O)O)[C@H]1CCN(c2ccccn2)C1. The Hall–Kier alpha value is -3.04. The van der Waals surface area contributed by atoms with E-state index in [2.05, 4.69) is 32.2 Å². The van der Waals surface area contributed by atoms with Crippen molar-refractivity contribution in [2.75, 3.05) is 44.2 Å². The smallest absolute Gasteiger partial charge is 0.326 e. The molecule has 2 atom stereocenters. The molecule has 3 aliphatic rings. The molecule has 0 saturated carbocycles. The minimum Gasteiger partial charge on any atom is -0.480 e. The lowest BCUT2D eigenvalue weighted by Gasteiger charge is -2.39. The number of carbonyl (C=O) groups is 2. The summed E-state index contributed by atoms with van der Waals surface area (Å²) in [4.78, 5) is 38.0. The summed E-state index contributed by atoms with van der Waals surface area (Å²) in [5, 5.41) is 12.4. The fraction of sp³-hybridized carbons (Fsp3) is 0.571. The van der Waals surface area contributed by atoms with Gasteiger partial charge in [-0.25, -0.2) is 9.78 Å². The van der Waals surface area contributed by atoms with Crippen molar-refractivity contribution >= 4 is 17.7 Å². The Balaban J connectivity index is 0.989. The first-order chi connectivity index (χ1) is 18.0. The monoisotopic (exact) mass is 507 g/mol. The molecule has 0 unspecified atom stereocenters. The van der Waals surface area contributed by atoms with Gasteiger partial charge < -0.3 is 20.1 Å². The number of pyridine rings is 2. The molecular formula is C28H37N5O4. The summed E-state index contributed by atoms with van der Waals surface area (Å²) in [5.74, 6) is -0.554. The lowest BCUT2D eigenvalue weighted by Crippen LogP contribution is -2.54. The number of carbonyl (C=O) groups excluding carboxylic acids is 1. The number of ether oxygens (including phenoxy) is 1. The molecule has 2 N–H and O–H groups in total. The molecule has 2 saturated heterocycles. The van der Waals surface area contributed by atoms with E-state index in [-0.39, 0.29) is 17.9 Å². The molecule has 1 aliphatic carbocycles. The fourth-order valence-electron chi connectivity index (χ4n) is 5.49. The van der Waals surface area contributed by atoms with E-state index in [1.54, 1.807) is 6.20 Å². The van der Waals surface area contributed by atoms with Gasteiger partial charge in [0, 0.05) is 56.7 Å². The van der Waals surface area contributed by atoms with Crippen LogP contribution in [-0.2, 0) is 33.6 Å². The number of hydrogen-bond acceptors (Lipinski definition) is 7. The number of rotatable bonds is 11. The number of amides is 1. The normalized spacial score (nSPS) is 20.8. The molecule has 9 nitrogen and oxygen atoms in total. The standard InChI is InChI=1S/C28H37N5O4/c34-27(21-10-15-33(17-21)26-7-3-4-13-29-26)31-25(28(35)36)11-14-32-18-23(19-32)37-16-12-22-9-8-20-5-1-2-6-24(20)30-22/h3-4,7-9,13,21,23,25H,1-2,5-6,10-12,14-19H2,(H,31,34)(H,35,36)/t21-,25-/m0/s1. The van der Waals surface area contributed by atoms with Crippen molar-refractivity contribution in [3.8, 4) is 0 Å². The average Bonchev–Trinajstić information content (AvgIpc) is 3.39. The van der Waals surface area contributed by atoms with Crippen LogP contribution in [0.3, 0.4) is 0 Å². The topological polar surface area (TPSA) is 108 Å². The van der Waals surface area contributed by atoms with Crippen molar-refractivity contribution in [3.05, 3.63) is 53.5 Å². The van der Waals surface area contributed by atoms with Gasteiger partial charge in [0.2, 0.25) is 5.91 Å². The van der Waals surface area contributed by atoms with Crippen molar-refractivity contribution in [2.24, 2.45) is 5.92 Å². The zero-order valence-electron chi connectivity index (χ0n) is 21.3. The summed E-state index contributed by atoms with van der Waals surface area (Å²) in [6.45, 7) is 4.15. The van der Waals surface area contributed by atoms with Crippen LogP contribution >= 0.6 is 0 Å². The quantitative estimate of drug-likeness (QED) is 0.476. The molecule has 0 radical (unpaired) electrons. The molecule has 2 aliphatic heterocycles. The minimum atomic E-state index is -0.987. The molecule has 37 heavy (non-hydrogen) atoms. The zero-order chi connectivity index (χ0) is 25.6. The highest BCUT2D eigenvalue weighted by Gasteiger charge is 2.33. The highest BCUT2D eigenvalue weighted by molar-refractivity contribution is 5.85. The zero-order valence-corrected chi connectivity index (χ0v) is 21.3. The van der Waals surface area contributed by atoms with Crippen LogP contribution in [-0.4, -0.2) is 83.3 Å². The Morgan fingerprint density at radius 3 is 2.81 bits per heavy atom. The van der Waals surface area contributed by atoms with Crippen LogP contribution in [0.1, 0.15) is 42.6 Å². The first-order valence-electron chi connectivity index (χ1n) is 13.6. The number of aryl methyl sites for hydroxylation is 2. The fourth-order valence-corrected chi connectivity index (χ4v) is 5.49. The minimum absolute atomic E-state index is 0.173. The number of carboxylic acids is 1. The average molecular weight is 508 g/mol. The highest BCUT2D eigenvalue weighted by Crippen LogP contribution is 2.23. The van der Waals surface area contributed by atoms with Crippen molar-refractivity contribution in [2.45, 2.75) is 57.1 Å². The van der Waals surface area contributed by atoms with Crippen LogP contribution in [0.4, 0.5) is 5.82 Å². The van der Waals surface area contributed by atoms with Crippen molar-refractivity contribution in [1.29, 1.82) is 0 Å². The Labute approximate surface area is 218 Å². The summed E-state index contributed by atoms with van der Waals surface area (Å²) in [6.07, 6.45) is 8.53. The number of fused-ring (bicyclic) bond motifs is 1. The van der Waals surface area contributed by atoms with Gasteiger partial charge in [0.25, 0.3) is 0 Å². The van der Waals surface area contributed by atoms with E-state index in [4.69, 9.17) is 9.72 Å². The molecule has 2 aromatic heterocycles. The number of carboxylic acid groups (broad SMARTS) is 1. The lowest BCUT2D eigenvalue weighted by atomic mass is 9.96. The second kappa shape index (κ2) is 12.0. The van der Waals surface area contributed by atoms with Crippen molar-refractivity contribution in [1.82, 2.24) is 20.2 Å². The molecule has 198 valence electrons. The van der Waals surface area contributed by atoms with E-state index >= 15 is 0 Å². The lowest BCUT2D eigenvalue weighted by molar-refractivity contribution is -0.143. The van der Waals surface area contributed by atoms with E-state index in [1.807, 2.05) is 18.2 Å². The first-order valence-corrected chi connectivity index (χ1v) is 13.6. The Bertz CT molecular complexity index is 1080. The third-order valence-corrected chi connectivity index (χ3v) is 7.75. The Kier molecular flexibility index (Phi) is 8.31. The van der Waals surface area contributed by atoms with Gasteiger partial charge in [0.1, 0.15) is 11.9 Å². The second-order valence-corrected chi connectivity index (χ2v) is 10.4. The summed E-state index contributed by atoms with van der Waals surface area (Å²) in [5.41, 5.74) is 3.76. The Morgan fingerprint density at radius 2 is 2.00 bits per heavy atom. The van der Waals surface area contributed by atoms with Gasteiger partial charge in [-0.05, 0) is 62.3 Å². The summed E-state index contributed by atoms with van der Waals surface area (Å²) < 4.78 is 6.01. The second-order valence-electron chi connectivity index (χ2n) is 10.4. The maximum atomic E-state index is 12.8. The number of nitrogens with one attached hydrogen (secondary N) is 1. The van der Waals surface area contributed by atoms with Crippen LogP contribution in [0.15, 0.2) is 36.5 Å². The van der Waals surface area contributed by atoms with Gasteiger partial charge in [-0.15, -0.1) is 0 Å². The molecule has 1 amide bonds. The third-order valence-electron chi connectivity index (χ3n) is 7.75. The van der Waals surface area contributed by atoms with Gasteiger partial charge in [-0.1, -0.05) is 12.1 Å². The molecular weight excluding hydrogens is 470 g/mol. The van der Waals surface area contributed by atoms with Crippen molar-refractivity contribution < 1.29 is 19.4 Å². The van der Waals surface area contributed by atoms with E-state index in [0.717, 1.165) is 50.4 Å². The van der Waals surface area contributed by atoms with E-state index in [0.29, 0.717) is 32.5 Å². The van der Waals surface area contributed by atoms with Crippen LogP contribution in [0.25, 0.3) is 0 Å². The van der Waals surface area contributed by atoms with E-state index in [1.165, 1.54) is 24.1 Å². The largest absolute Gasteiger partial charge is 0.480 e. The van der Waals surface area contributed by atoms with Crippen LogP contribution in [0.5, 0.6) is 0 Å². The van der Waals surface area contributed by atoms with Crippen LogP contribution in [0.2, 0.25) is 0 Å². The maximum Gasteiger partial charge on any atom is 0.326 e. The molecule has 5 rings (SSSR count).